The van der Waals surface area contributed by atoms with Crippen molar-refractivity contribution in [2.75, 3.05) is 13.1 Å². The minimum Gasteiger partial charge on any atom is -0.481 e. The molecule has 3 N–H and O–H groups in total. The van der Waals surface area contributed by atoms with E-state index in [0.717, 1.165) is 15.7 Å². The maximum Gasteiger partial charge on any atom is 0.330 e. The molecule has 3 aromatic rings. The van der Waals surface area contributed by atoms with Crippen LogP contribution in [0.1, 0.15) is 24.0 Å². The van der Waals surface area contributed by atoms with Crippen LogP contribution in [-0.4, -0.2) is 43.7 Å². The van der Waals surface area contributed by atoms with E-state index in [-0.39, 0.29) is 24.1 Å². The Morgan fingerprint density at radius 2 is 1.81 bits per heavy atom. The number of carboxylic acids is 1. The number of hydrogen-bond donors (Lipinski definition) is 3. The highest BCUT2D eigenvalue weighted by Crippen LogP contribution is 2.17. The van der Waals surface area contributed by atoms with E-state index in [1.165, 1.54) is 0 Å². The summed E-state index contributed by atoms with van der Waals surface area (Å²) in [7, 11) is 0. The largest absolute Gasteiger partial charge is 0.481 e. The average Bonchev–Trinajstić information content (AvgIpc) is 2.60. The van der Waals surface area contributed by atoms with Crippen LogP contribution in [0.5, 0.6) is 0 Å². The molecule has 0 bridgehead atoms. The van der Waals surface area contributed by atoms with Gasteiger partial charge in [-0.1, -0.05) is 0 Å². The van der Waals surface area contributed by atoms with Crippen molar-refractivity contribution in [1.29, 1.82) is 0 Å². The SMILES string of the molecule is Cc1cc2nc3[nH]c(=O)n(CCNCCCC(=O)O)c(=O)c3nc2cc1C. The molecule has 27 heavy (non-hydrogen) atoms. The highest BCUT2D eigenvalue weighted by atomic mass is 16.4. The lowest BCUT2D eigenvalue weighted by atomic mass is 10.1. The molecule has 0 amide bonds. The van der Waals surface area contributed by atoms with Crippen molar-refractivity contribution in [3.8, 4) is 0 Å². The first-order chi connectivity index (χ1) is 12.9. The van der Waals surface area contributed by atoms with Gasteiger partial charge >= 0.3 is 11.7 Å². The second kappa shape index (κ2) is 7.67. The molecule has 142 valence electrons. The van der Waals surface area contributed by atoms with Gasteiger partial charge in [-0.15, -0.1) is 0 Å². The fourth-order valence-corrected chi connectivity index (χ4v) is 2.82. The lowest BCUT2D eigenvalue weighted by Crippen LogP contribution is -2.38. The van der Waals surface area contributed by atoms with Crippen molar-refractivity contribution in [1.82, 2.24) is 24.8 Å². The lowest BCUT2D eigenvalue weighted by molar-refractivity contribution is -0.137. The maximum absolute atomic E-state index is 12.7. The standard InChI is InChI=1S/C18H21N5O4/c1-10-8-12-13(9-11(10)2)21-16-15(20-12)17(26)23(18(27)22-16)7-6-19-5-3-4-14(24)25/h8-9,19H,3-7H2,1-2H3,(H,24,25)(H,21,22,27). The molecule has 9 heteroatoms. The number of H-pyrrole nitrogens is 1. The third kappa shape index (κ3) is 4.03. The number of fused-ring (bicyclic) bond motifs is 2. The Bertz CT molecular complexity index is 1130. The van der Waals surface area contributed by atoms with Crippen LogP contribution in [0.25, 0.3) is 22.2 Å². The molecule has 0 aliphatic heterocycles. The predicted octanol–water partition coefficient (Wildman–Crippen LogP) is 0.704. The molecule has 3 rings (SSSR count). The average molecular weight is 371 g/mol. The number of aryl methyl sites for hydroxylation is 2. The molecule has 0 fully saturated rings. The molecular formula is C18H21N5O4. The van der Waals surface area contributed by atoms with E-state index in [1.54, 1.807) is 0 Å². The number of carbonyl (C=O) groups is 1. The summed E-state index contributed by atoms with van der Waals surface area (Å²) in [6.45, 7) is 4.94. The molecule has 0 aliphatic rings. The number of aromatic amines is 1. The number of benzene rings is 1. The summed E-state index contributed by atoms with van der Waals surface area (Å²) < 4.78 is 1.08. The normalized spacial score (nSPS) is 11.3. The summed E-state index contributed by atoms with van der Waals surface area (Å²) in [5.41, 5.74) is 2.59. The van der Waals surface area contributed by atoms with E-state index in [9.17, 15) is 14.4 Å². The summed E-state index contributed by atoms with van der Waals surface area (Å²) in [6.07, 6.45) is 0.555. The highest BCUT2D eigenvalue weighted by molar-refractivity contribution is 5.84. The topological polar surface area (TPSA) is 130 Å². The van der Waals surface area contributed by atoms with Crippen molar-refractivity contribution in [3.05, 3.63) is 44.1 Å². The third-order valence-electron chi connectivity index (χ3n) is 4.45. The molecule has 0 unspecified atom stereocenters. The molecule has 0 spiro atoms. The summed E-state index contributed by atoms with van der Waals surface area (Å²) in [4.78, 5) is 46.8. The number of aliphatic carboxylic acids is 1. The summed E-state index contributed by atoms with van der Waals surface area (Å²) in [6, 6.07) is 3.75. The lowest BCUT2D eigenvalue weighted by Gasteiger charge is -2.08. The van der Waals surface area contributed by atoms with Gasteiger partial charge in [0.15, 0.2) is 11.2 Å². The molecule has 0 atom stereocenters. The number of rotatable bonds is 7. The Balaban J connectivity index is 1.87. The van der Waals surface area contributed by atoms with Gasteiger partial charge in [-0.2, -0.15) is 0 Å². The van der Waals surface area contributed by atoms with Gasteiger partial charge in [-0.3, -0.25) is 19.1 Å². The molecule has 0 saturated carbocycles. The van der Waals surface area contributed by atoms with Gasteiger partial charge < -0.3 is 10.4 Å². The van der Waals surface area contributed by atoms with Crippen molar-refractivity contribution >= 4 is 28.2 Å². The molecule has 2 heterocycles. The minimum absolute atomic E-state index is 0.0745. The smallest absolute Gasteiger partial charge is 0.330 e. The van der Waals surface area contributed by atoms with Gasteiger partial charge in [0, 0.05) is 19.5 Å². The Morgan fingerprint density at radius 3 is 2.48 bits per heavy atom. The number of nitrogens with zero attached hydrogens (tertiary/aromatic N) is 3. The minimum atomic E-state index is -0.852. The van der Waals surface area contributed by atoms with Gasteiger partial charge in [-0.25, -0.2) is 14.8 Å². The van der Waals surface area contributed by atoms with Gasteiger partial charge in [0.25, 0.3) is 5.56 Å². The zero-order valence-electron chi connectivity index (χ0n) is 15.2. The van der Waals surface area contributed by atoms with Crippen molar-refractivity contribution in [2.45, 2.75) is 33.2 Å². The Morgan fingerprint density at radius 1 is 1.15 bits per heavy atom. The van der Waals surface area contributed by atoms with Gasteiger partial charge in [-0.05, 0) is 50.1 Å². The fourth-order valence-electron chi connectivity index (χ4n) is 2.82. The zero-order valence-corrected chi connectivity index (χ0v) is 15.2. The van der Waals surface area contributed by atoms with Crippen LogP contribution < -0.4 is 16.6 Å². The van der Waals surface area contributed by atoms with E-state index in [1.807, 2.05) is 26.0 Å². The zero-order chi connectivity index (χ0) is 19.6. The van der Waals surface area contributed by atoms with Crippen molar-refractivity contribution in [2.24, 2.45) is 0 Å². The van der Waals surface area contributed by atoms with E-state index >= 15 is 0 Å². The number of aromatic nitrogens is 4. The molecule has 0 aliphatic carbocycles. The first-order valence-corrected chi connectivity index (χ1v) is 8.71. The Hall–Kier alpha value is -3.07. The maximum atomic E-state index is 12.7. The summed E-state index contributed by atoms with van der Waals surface area (Å²) >= 11 is 0. The number of carboxylic acid groups (broad SMARTS) is 1. The molecular weight excluding hydrogens is 350 g/mol. The molecule has 0 radical (unpaired) electrons. The van der Waals surface area contributed by atoms with Crippen LogP contribution in [0.15, 0.2) is 21.7 Å². The number of nitrogens with one attached hydrogen (secondary N) is 2. The van der Waals surface area contributed by atoms with Crippen LogP contribution in [0.4, 0.5) is 0 Å². The summed E-state index contributed by atoms with van der Waals surface area (Å²) in [5.74, 6) is -0.852. The van der Waals surface area contributed by atoms with Crippen LogP contribution in [0.3, 0.4) is 0 Å². The third-order valence-corrected chi connectivity index (χ3v) is 4.45. The number of hydrogen-bond acceptors (Lipinski definition) is 6. The second-order valence-corrected chi connectivity index (χ2v) is 6.48. The highest BCUT2D eigenvalue weighted by Gasteiger charge is 2.12. The van der Waals surface area contributed by atoms with Gasteiger partial charge in [0.2, 0.25) is 0 Å². The van der Waals surface area contributed by atoms with Crippen LogP contribution in [0.2, 0.25) is 0 Å². The quantitative estimate of drug-likeness (QED) is 0.412. The van der Waals surface area contributed by atoms with Gasteiger partial charge in [0.05, 0.1) is 11.0 Å². The van der Waals surface area contributed by atoms with E-state index in [2.05, 4.69) is 20.3 Å². The first-order valence-electron chi connectivity index (χ1n) is 8.71. The molecule has 1 aromatic carbocycles. The van der Waals surface area contributed by atoms with Crippen LogP contribution >= 0.6 is 0 Å². The molecule has 9 nitrogen and oxygen atoms in total. The fraction of sp³-hybridized carbons (Fsp3) is 0.389. The van der Waals surface area contributed by atoms with Crippen LogP contribution in [-0.2, 0) is 11.3 Å². The monoisotopic (exact) mass is 371 g/mol. The predicted molar refractivity (Wildman–Crippen MR) is 101 cm³/mol. The van der Waals surface area contributed by atoms with E-state index in [4.69, 9.17) is 5.11 Å². The Labute approximate surface area is 154 Å². The first kappa shape index (κ1) is 18.7. The molecule has 2 aromatic heterocycles. The van der Waals surface area contributed by atoms with E-state index in [0.29, 0.717) is 30.5 Å². The summed E-state index contributed by atoms with van der Waals surface area (Å²) in [5, 5.41) is 11.6. The van der Waals surface area contributed by atoms with Gasteiger partial charge in [0.1, 0.15) is 0 Å². The van der Waals surface area contributed by atoms with Crippen molar-refractivity contribution < 1.29 is 9.90 Å². The Kier molecular flexibility index (Phi) is 5.31. The van der Waals surface area contributed by atoms with E-state index < -0.39 is 17.2 Å². The van der Waals surface area contributed by atoms with Crippen LogP contribution in [0, 0.1) is 13.8 Å². The second-order valence-electron chi connectivity index (χ2n) is 6.48. The van der Waals surface area contributed by atoms with Crippen molar-refractivity contribution in [3.63, 3.8) is 0 Å². The molecule has 0 saturated heterocycles.